The first-order valence-corrected chi connectivity index (χ1v) is 12.0. The van der Waals surface area contributed by atoms with Crippen LogP contribution in [0.25, 0.3) is 0 Å². The molecule has 0 N–H and O–H groups in total. The first kappa shape index (κ1) is 23.0. The van der Waals surface area contributed by atoms with Crippen molar-refractivity contribution >= 4 is 35.1 Å². The van der Waals surface area contributed by atoms with E-state index in [1.807, 2.05) is 45.0 Å². The number of imide groups is 1. The van der Waals surface area contributed by atoms with E-state index in [0.717, 1.165) is 22.4 Å². The number of anilines is 2. The van der Waals surface area contributed by atoms with Gasteiger partial charge in [-0.3, -0.25) is 24.1 Å². The van der Waals surface area contributed by atoms with Gasteiger partial charge in [0.2, 0.25) is 17.7 Å². The second-order valence-corrected chi connectivity index (χ2v) is 9.78. The van der Waals surface area contributed by atoms with Crippen LogP contribution in [-0.2, 0) is 19.2 Å². The molecule has 7 nitrogen and oxygen atoms in total. The summed E-state index contributed by atoms with van der Waals surface area (Å²) in [5.41, 5.74) is 4.43. The second-order valence-electron chi connectivity index (χ2n) is 9.78. The fraction of sp³-hybridized carbons (Fsp3) is 0.357. The van der Waals surface area contributed by atoms with Gasteiger partial charge >= 0.3 is 5.97 Å². The molecule has 3 aliphatic rings. The third-order valence-corrected chi connectivity index (χ3v) is 7.30. The average Bonchev–Trinajstić information content (AvgIpc) is 3.32. The van der Waals surface area contributed by atoms with Crippen LogP contribution in [0.3, 0.4) is 0 Å². The number of esters is 1. The fourth-order valence-electron chi connectivity index (χ4n) is 5.47. The van der Waals surface area contributed by atoms with E-state index in [2.05, 4.69) is 0 Å². The molecule has 0 saturated carbocycles. The highest BCUT2D eigenvalue weighted by atomic mass is 16.5. The molecule has 3 atom stereocenters. The number of hydrogen-bond acceptors (Lipinski definition) is 5. The summed E-state index contributed by atoms with van der Waals surface area (Å²) in [5, 5.41) is 0. The van der Waals surface area contributed by atoms with E-state index in [-0.39, 0.29) is 42.5 Å². The third kappa shape index (κ3) is 4.05. The topological polar surface area (TPSA) is 84.0 Å². The van der Waals surface area contributed by atoms with Crippen molar-refractivity contribution in [1.82, 2.24) is 0 Å². The Bertz CT molecular complexity index is 1240. The first-order valence-electron chi connectivity index (χ1n) is 12.0. The van der Waals surface area contributed by atoms with E-state index in [4.69, 9.17) is 4.74 Å². The van der Waals surface area contributed by atoms with Crippen LogP contribution in [0, 0.1) is 31.6 Å². The molecule has 0 bridgehead atoms. The van der Waals surface area contributed by atoms with Crippen LogP contribution in [0.1, 0.15) is 37.3 Å². The highest BCUT2D eigenvalue weighted by molar-refractivity contribution is 6.22. The van der Waals surface area contributed by atoms with Crippen LogP contribution in [-0.4, -0.2) is 30.2 Å². The Labute approximate surface area is 204 Å². The summed E-state index contributed by atoms with van der Waals surface area (Å²) in [6.07, 6.45) is 3.33. The minimum Gasteiger partial charge on any atom is -0.426 e. The Morgan fingerprint density at radius 2 is 1.54 bits per heavy atom. The van der Waals surface area contributed by atoms with Gasteiger partial charge in [-0.15, -0.1) is 0 Å². The maximum Gasteiger partial charge on any atom is 0.316 e. The lowest BCUT2D eigenvalue weighted by molar-refractivity contribution is -0.139. The molecule has 5 rings (SSSR count). The van der Waals surface area contributed by atoms with Gasteiger partial charge in [-0.05, 0) is 69.0 Å². The van der Waals surface area contributed by atoms with Crippen LogP contribution in [0.4, 0.5) is 11.4 Å². The number of ether oxygens (including phenoxy) is 1. The Morgan fingerprint density at radius 3 is 2.23 bits per heavy atom. The van der Waals surface area contributed by atoms with Crippen molar-refractivity contribution < 1.29 is 23.9 Å². The third-order valence-electron chi connectivity index (χ3n) is 7.30. The van der Waals surface area contributed by atoms with Crippen LogP contribution in [0.5, 0.6) is 5.75 Å². The standard InChI is InChI=1S/C28H28N2O5/c1-16-7-12-22-23(13-16)27(33)30(26(22)32)20-8-10-21(11-9-20)35-28(34)19-14-24(31)29(15-19)25-17(2)5-4-6-18(25)3/h4-11,19,22-23H,12-15H2,1-3H3/t19-,22+,23+/m1/s1. The SMILES string of the molecule is CC1=CC[C@@H]2C(=O)N(c3ccc(OC(=O)[C@@H]4CC(=O)N(c5c(C)cccc5C)C4)cc3)C(=O)[C@H]2C1. The zero-order chi connectivity index (χ0) is 24.9. The van der Waals surface area contributed by atoms with E-state index in [0.29, 0.717) is 24.3 Å². The zero-order valence-corrected chi connectivity index (χ0v) is 20.1. The summed E-state index contributed by atoms with van der Waals surface area (Å²) in [7, 11) is 0. The highest BCUT2D eigenvalue weighted by Gasteiger charge is 2.48. The normalized spacial score (nSPS) is 24.0. The maximum atomic E-state index is 12.9. The fourth-order valence-corrected chi connectivity index (χ4v) is 5.47. The van der Waals surface area contributed by atoms with Crippen LogP contribution >= 0.6 is 0 Å². The Morgan fingerprint density at radius 1 is 0.886 bits per heavy atom. The predicted octanol–water partition coefficient (Wildman–Crippen LogP) is 4.11. The Hall–Kier alpha value is -3.74. The summed E-state index contributed by atoms with van der Waals surface area (Å²) in [4.78, 5) is 54.2. The van der Waals surface area contributed by atoms with Gasteiger partial charge in [-0.25, -0.2) is 0 Å². The number of benzene rings is 2. The van der Waals surface area contributed by atoms with Gasteiger partial charge in [0, 0.05) is 18.7 Å². The molecule has 3 amide bonds. The number of carbonyl (C=O) groups excluding carboxylic acids is 4. The van der Waals surface area contributed by atoms with Crippen molar-refractivity contribution in [2.45, 2.75) is 40.0 Å². The second kappa shape index (κ2) is 8.80. The lowest BCUT2D eigenvalue weighted by Crippen LogP contribution is -2.30. The molecule has 2 heterocycles. The molecule has 2 fully saturated rings. The van der Waals surface area contributed by atoms with E-state index >= 15 is 0 Å². The molecule has 1 aliphatic carbocycles. The molecule has 0 spiro atoms. The van der Waals surface area contributed by atoms with Crippen LogP contribution in [0.15, 0.2) is 54.1 Å². The molecular formula is C28H28N2O5. The molecule has 0 unspecified atom stereocenters. The summed E-state index contributed by atoms with van der Waals surface area (Å²) in [6.45, 7) is 6.16. The number of hydrogen-bond donors (Lipinski definition) is 0. The number of allylic oxidation sites excluding steroid dienone is 2. The lowest BCUT2D eigenvalue weighted by Gasteiger charge is -2.21. The Kier molecular flexibility index (Phi) is 5.79. The minimum absolute atomic E-state index is 0.0949. The molecule has 0 aromatic heterocycles. The molecular weight excluding hydrogens is 444 g/mol. The van der Waals surface area contributed by atoms with Crippen molar-refractivity contribution in [1.29, 1.82) is 0 Å². The minimum atomic E-state index is -0.568. The zero-order valence-electron chi connectivity index (χ0n) is 20.1. The summed E-state index contributed by atoms with van der Waals surface area (Å²) >= 11 is 0. The van der Waals surface area contributed by atoms with E-state index < -0.39 is 11.9 Å². The van der Waals surface area contributed by atoms with Gasteiger partial charge in [0.15, 0.2) is 0 Å². The van der Waals surface area contributed by atoms with Gasteiger partial charge in [-0.1, -0.05) is 29.8 Å². The average molecular weight is 473 g/mol. The number of carbonyl (C=O) groups is 4. The van der Waals surface area contributed by atoms with Gasteiger partial charge in [0.05, 0.1) is 23.4 Å². The molecule has 2 aliphatic heterocycles. The van der Waals surface area contributed by atoms with E-state index in [9.17, 15) is 19.2 Å². The summed E-state index contributed by atoms with van der Waals surface area (Å²) < 4.78 is 5.56. The number of rotatable bonds is 4. The molecule has 2 saturated heterocycles. The van der Waals surface area contributed by atoms with Gasteiger partial charge in [0.1, 0.15) is 5.75 Å². The molecule has 2 aromatic rings. The predicted molar refractivity (Wildman–Crippen MR) is 131 cm³/mol. The molecule has 7 heteroatoms. The van der Waals surface area contributed by atoms with Crippen molar-refractivity contribution in [3.8, 4) is 5.75 Å². The quantitative estimate of drug-likeness (QED) is 0.289. The van der Waals surface area contributed by atoms with Crippen molar-refractivity contribution in [2.75, 3.05) is 16.3 Å². The number of nitrogens with zero attached hydrogens (tertiary/aromatic N) is 2. The number of amides is 3. The molecule has 180 valence electrons. The van der Waals surface area contributed by atoms with Crippen LogP contribution < -0.4 is 14.5 Å². The number of fused-ring (bicyclic) bond motifs is 1. The lowest BCUT2D eigenvalue weighted by atomic mass is 9.82. The highest BCUT2D eigenvalue weighted by Crippen LogP contribution is 2.40. The van der Waals surface area contributed by atoms with Gasteiger partial charge in [0.25, 0.3) is 0 Å². The van der Waals surface area contributed by atoms with Crippen molar-refractivity contribution in [3.63, 3.8) is 0 Å². The summed E-state index contributed by atoms with van der Waals surface area (Å²) in [5.74, 6) is -1.78. The largest absolute Gasteiger partial charge is 0.426 e. The first-order chi connectivity index (χ1) is 16.7. The monoisotopic (exact) mass is 472 g/mol. The molecule has 35 heavy (non-hydrogen) atoms. The van der Waals surface area contributed by atoms with E-state index in [1.165, 1.54) is 4.90 Å². The van der Waals surface area contributed by atoms with Crippen LogP contribution in [0.2, 0.25) is 0 Å². The van der Waals surface area contributed by atoms with Gasteiger partial charge < -0.3 is 9.64 Å². The molecule has 0 radical (unpaired) electrons. The van der Waals surface area contributed by atoms with Crippen molar-refractivity contribution in [2.24, 2.45) is 17.8 Å². The summed E-state index contributed by atoms with van der Waals surface area (Å²) in [6, 6.07) is 12.3. The van der Waals surface area contributed by atoms with Gasteiger partial charge in [-0.2, -0.15) is 0 Å². The Balaban J connectivity index is 1.26. The molecule has 2 aromatic carbocycles. The number of para-hydroxylation sites is 1. The maximum absolute atomic E-state index is 12.9. The number of aryl methyl sites for hydroxylation is 2. The smallest absolute Gasteiger partial charge is 0.316 e. The van der Waals surface area contributed by atoms with E-state index in [1.54, 1.807) is 29.2 Å². The van der Waals surface area contributed by atoms with Crippen molar-refractivity contribution in [3.05, 3.63) is 65.2 Å².